The van der Waals surface area contributed by atoms with Crippen molar-refractivity contribution < 1.29 is 19.5 Å². The fourth-order valence-electron chi connectivity index (χ4n) is 4.45. The van der Waals surface area contributed by atoms with Gasteiger partial charge in [-0.05, 0) is 44.7 Å². The largest absolute Gasteiger partial charge is 0.481 e. The van der Waals surface area contributed by atoms with Gasteiger partial charge in [-0.25, -0.2) is 4.79 Å². The molecular formula is C20H27N3O4. The minimum absolute atomic E-state index is 0.00769. The first-order valence-corrected chi connectivity index (χ1v) is 9.60. The van der Waals surface area contributed by atoms with Crippen molar-refractivity contribution in [2.24, 2.45) is 11.3 Å². The number of amides is 3. The van der Waals surface area contributed by atoms with Crippen LogP contribution in [-0.2, 0) is 4.79 Å². The molecule has 0 spiro atoms. The molecule has 0 unspecified atom stereocenters. The lowest BCUT2D eigenvalue weighted by atomic mass is 9.81. The van der Waals surface area contributed by atoms with E-state index in [1.54, 1.807) is 34.1 Å². The molecule has 1 saturated carbocycles. The number of carboxylic acid groups (broad SMARTS) is 1. The zero-order chi connectivity index (χ0) is 19.6. The molecular weight excluding hydrogens is 346 g/mol. The number of hydrogen-bond donors (Lipinski definition) is 2. The second-order valence-corrected chi connectivity index (χ2v) is 7.38. The van der Waals surface area contributed by atoms with Crippen molar-refractivity contribution in [1.82, 2.24) is 9.80 Å². The Kier molecular flexibility index (Phi) is 5.39. The van der Waals surface area contributed by atoms with Crippen LogP contribution < -0.4 is 5.32 Å². The third kappa shape index (κ3) is 3.38. The van der Waals surface area contributed by atoms with Crippen molar-refractivity contribution in [3.8, 4) is 0 Å². The highest BCUT2D eigenvalue weighted by atomic mass is 16.4. The normalized spacial score (nSPS) is 23.8. The number of fused-ring (bicyclic) bond motifs is 1. The monoisotopic (exact) mass is 373 g/mol. The Bertz CT molecular complexity index is 746. The average molecular weight is 373 g/mol. The molecule has 1 aromatic carbocycles. The van der Waals surface area contributed by atoms with E-state index < -0.39 is 11.4 Å². The first-order valence-electron chi connectivity index (χ1n) is 9.60. The van der Waals surface area contributed by atoms with E-state index in [4.69, 9.17) is 0 Å². The number of hydrogen-bond acceptors (Lipinski definition) is 3. The van der Waals surface area contributed by atoms with Gasteiger partial charge in [0.2, 0.25) is 0 Å². The molecule has 7 heteroatoms. The molecule has 0 radical (unpaired) electrons. The van der Waals surface area contributed by atoms with Crippen molar-refractivity contribution in [2.45, 2.75) is 33.1 Å². The summed E-state index contributed by atoms with van der Waals surface area (Å²) in [6, 6.07) is 6.61. The number of carboxylic acids is 1. The summed E-state index contributed by atoms with van der Waals surface area (Å²) < 4.78 is 0. The zero-order valence-electron chi connectivity index (χ0n) is 15.9. The second-order valence-electron chi connectivity index (χ2n) is 7.38. The van der Waals surface area contributed by atoms with Crippen molar-refractivity contribution in [3.63, 3.8) is 0 Å². The van der Waals surface area contributed by atoms with Gasteiger partial charge in [-0.1, -0.05) is 18.6 Å². The molecule has 1 aliphatic heterocycles. The van der Waals surface area contributed by atoms with Crippen LogP contribution in [0, 0.1) is 11.3 Å². The lowest BCUT2D eigenvalue weighted by molar-refractivity contribution is -0.149. The fourth-order valence-corrected chi connectivity index (χ4v) is 4.45. The van der Waals surface area contributed by atoms with Gasteiger partial charge in [0.25, 0.3) is 5.91 Å². The third-order valence-electron chi connectivity index (χ3n) is 6.03. The number of carbonyl (C=O) groups is 3. The molecule has 2 fully saturated rings. The van der Waals surface area contributed by atoms with E-state index in [0.717, 1.165) is 12.8 Å². The van der Waals surface area contributed by atoms with Gasteiger partial charge in [-0.2, -0.15) is 0 Å². The van der Waals surface area contributed by atoms with Crippen molar-refractivity contribution in [3.05, 3.63) is 29.8 Å². The van der Waals surface area contributed by atoms with Gasteiger partial charge in [0, 0.05) is 26.2 Å². The van der Waals surface area contributed by atoms with Crippen LogP contribution in [0.1, 0.15) is 43.5 Å². The summed E-state index contributed by atoms with van der Waals surface area (Å²) in [5.74, 6) is -0.929. The summed E-state index contributed by atoms with van der Waals surface area (Å²) in [4.78, 5) is 40.6. The minimum atomic E-state index is -0.812. The summed E-state index contributed by atoms with van der Waals surface area (Å²) in [5, 5.41) is 12.5. The van der Waals surface area contributed by atoms with Crippen LogP contribution in [0.25, 0.3) is 0 Å². The molecule has 7 nitrogen and oxygen atoms in total. The van der Waals surface area contributed by atoms with Gasteiger partial charge in [0.1, 0.15) is 0 Å². The highest BCUT2D eigenvalue weighted by Gasteiger charge is 2.55. The predicted octanol–water partition coefficient (Wildman–Crippen LogP) is 2.89. The quantitative estimate of drug-likeness (QED) is 0.830. The van der Waals surface area contributed by atoms with Crippen LogP contribution in [0.2, 0.25) is 0 Å². The van der Waals surface area contributed by atoms with Crippen LogP contribution in [0.5, 0.6) is 0 Å². The first kappa shape index (κ1) is 19.2. The number of urea groups is 1. The van der Waals surface area contributed by atoms with Gasteiger partial charge in [0.15, 0.2) is 0 Å². The maximum atomic E-state index is 12.8. The van der Waals surface area contributed by atoms with Gasteiger partial charge in [-0.15, -0.1) is 0 Å². The van der Waals surface area contributed by atoms with E-state index in [1.165, 1.54) is 0 Å². The summed E-state index contributed by atoms with van der Waals surface area (Å²) in [6.45, 7) is 5.68. The number of nitrogens with zero attached hydrogens (tertiary/aromatic N) is 2. The second kappa shape index (κ2) is 7.58. The number of para-hydroxylation sites is 1. The van der Waals surface area contributed by atoms with Crippen LogP contribution in [0.3, 0.4) is 0 Å². The summed E-state index contributed by atoms with van der Waals surface area (Å²) in [5.41, 5.74) is 0.0937. The number of carbonyl (C=O) groups excluding carboxylic acids is 2. The molecule has 146 valence electrons. The Morgan fingerprint density at radius 1 is 1.26 bits per heavy atom. The van der Waals surface area contributed by atoms with Crippen LogP contribution in [-0.4, -0.2) is 59.0 Å². The Balaban J connectivity index is 1.76. The first-order chi connectivity index (χ1) is 12.9. The van der Waals surface area contributed by atoms with Crippen LogP contribution >= 0.6 is 0 Å². The number of anilines is 1. The number of benzene rings is 1. The highest BCUT2D eigenvalue weighted by Crippen LogP contribution is 2.48. The molecule has 2 atom stereocenters. The molecule has 1 aromatic rings. The Morgan fingerprint density at radius 3 is 2.59 bits per heavy atom. The molecule has 2 N–H and O–H groups in total. The van der Waals surface area contributed by atoms with Gasteiger partial charge >= 0.3 is 12.0 Å². The van der Waals surface area contributed by atoms with Gasteiger partial charge in [0.05, 0.1) is 16.7 Å². The average Bonchev–Trinajstić information content (AvgIpc) is 3.21. The molecule has 27 heavy (non-hydrogen) atoms. The van der Waals surface area contributed by atoms with E-state index in [1.807, 2.05) is 13.8 Å². The maximum Gasteiger partial charge on any atom is 0.321 e. The molecule has 1 heterocycles. The summed E-state index contributed by atoms with van der Waals surface area (Å²) >= 11 is 0. The molecule has 1 aliphatic carbocycles. The number of rotatable bonds is 5. The highest BCUT2D eigenvalue weighted by molar-refractivity contribution is 6.03. The maximum absolute atomic E-state index is 12.8. The summed E-state index contributed by atoms with van der Waals surface area (Å²) in [7, 11) is 0. The van der Waals surface area contributed by atoms with Crippen molar-refractivity contribution >= 4 is 23.6 Å². The lowest BCUT2D eigenvalue weighted by Crippen LogP contribution is -2.39. The molecule has 0 aromatic heterocycles. The number of aliphatic carboxylic acids is 1. The van der Waals surface area contributed by atoms with E-state index in [2.05, 4.69) is 5.32 Å². The van der Waals surface area contributed by atoms with E-state index >= 15 is 0 Å². The smallest absolute Gasteiger partial charge is 0.321 e. The molecule has 3 amide bonds. The number of likely N-dealkylation sites (tertiary alicyclic amines) is 1. The lowest BCUT2D eigenvalue weighted by Gasteiger charge is -2.24. The minimum Gasteiger partial charge on any atom is -0.481 e. The Labute approximate surface area is 159 Å². The van der Waals surface area contributed by atoms with E-state index in [0.29, 0.717) is 37.3 Å². The number of nitrogens with one attached hydrogen (secondary N) is 1. The van der Waals surface area contributed by atoms with Gasteiger partial charge in [-0.3, -0.25) is 9.59 Å². The third-order valence-corrected chi connectivity index (χ3v) is 6.03. The predicted molar refractivity (Wildman–Crippen MR) is 102 cm³/mol. The van der Waals surface area contributed by atoms with E-state index in [9.17, 15) is 19.5 Å². The molecule has 2 aliphatic rings. The van der Waals surface area contributed by atoms with Crippen molar-refractivity contribution in [1.29, 1.82) is 0 Å². The van der Waals surface area contributed by atoms with Crippen molar-refractivity contribution in [2.75, 3.05) is 31.5 Å². The Hall–Kier alpha value is -2.57. The van der Waals surface area contributed by atoms with E-state index in [-0.39, 0.29) is 24.4 Å². The van der Waals surface area contributed by atoms with Crippen LogP contribution in [0.4, 0.5) is 10.5 Å². The topological polar surface area (TPSA) is 90.0 Å². The standard InChI is InChI=1S/C20H27N3O4/c1-3-22(4-2)17(24)15-9-5-6-10-16(15)21-19(27)23-12-14-8-7-11-20(14,13-23)18(25)26/h5-6,9-10,14H,3-4,7-8,11-13H2,1-2H3,(H,21,27)(H,25,26)/t14-,20+/m0/s1. The fraction of sp³-hybridized carbons (Fsp3) is 0.550. The van der Waals surface area contributed by atoms with Crippen LogP contribution in [0.15, 0.2) is 24.3 Å². The summed E-state index contributed by atoms with van der Waals surface area (Å²) in [6.07, 6.45) is 2.36. The van der Waals surface area contributed by atoms with Gasteiger partial charge < -0.3 is 20.2 Å². The zero-order valence-corrected chi connectivity index (χ0v) is 15.9. The Morgan fingerprint density at radius 2 is 1.96 bits per heavy atom. The molecule has 0 bridgehead atoms. The molecule has 3 rings (SSSR count). The SMILES string of the molecule is CCN(CC)C(=O)c1ccccc1NC(=O)N1C[C@@H]2CCC[C@@]2(C(=O)O)C1. The molecule has 1 saturated heterocycles.